The second-order valence-electron chi connectivity index (χ2n) is 5.61. The molecule has 4 nitrogen and oxygen atoms in total. The topological polar surface area (TPSA) is 52.6 Å². The quantitative estimate of drug-likeness (QED) is 0.474. The Kier molecular flexibility index (Phi) is 5.74. The van der Waals surface area contributed by atoms with Gasteiger partial charge in [0.2, 0.25) is 0 Å². The molecule has 1 aromatic rings. The number of allylic oxidation sites excluding steroid dienone is 1. The van der Waals surface area contributed by atoms with Crippen LogP contribution < -0.4 is 0 Å². The zero-order chi connectivity index (χ0) is 16.7. The summed E-state index contributed by atoms with van der Waals surface area (Å²) in [6.07, 6.45) is 9.76. The van der Waals surface area contributed by atoms with Crippen molar-refractivity contribution in [3.63, 3.8) is 0 Å². The van der Waals surface area contributed by atoms with Crippen molar-refractivity contribution in [3.05, 3.63) is 60.2 Å². The van der Waals surface area contributed by atoms with Crippen LogP contribution in [0.2, 0.25) is 0 Å². The van der Waals surface area contributed by atoms with Gasteiger partial charge in [-0.15, -0.1) is 0 Å². The van der Waals surface area contributed by atoms with Crippen molar-refractivity contribution < 1.29 is 19.1 Å². The first-order valence-corrected chi connectivity index (χ1v) is 7.76. The first-order chi connectivity index (χ1) is 11.1. The summed E-state index contributed by atoms with van der Waals surface area (Å²) >= 11 is 0. The van der Waals surface area contributed by atoms with E-state index >= 15 is 0 Å². The molecule has 0 amide bonds. The van der Waals surface area contributed by atoms with Gasteiger partial charge in [0, 0.05) is 18.9 Å². The van der Waals surface area contributed by atoms with Gasteiger partial charge in [-0.3, -0.25) is 4.79 Å². The molecule has 122 valence electrons. The van der Waals surface area contributed by atoms with Crippen molar-refractivity contribution in [1.29, 1.82) is 0 Å². The minimum Gasteiger partial charge on any atom is -0.466 e. The van der Waals surface area contributed by atoms with Gasteiger partial charge >= 0.3 is 11.9 Å². The van der Waals surface area contributed by atoms with Gasteiger partial charge in [-0.2, -0.15) is 0 Å². The molecule has 0 saturated carbocycles. The van der Waals surface area contributed by atoms with E-state index in [2.05, 4.69) is 4.74 Å². The SMILES string of the molecule is COC(=O)/C=C/[C@@H](c1ccccc1)[C@]1(OC(C)=O)C=CCCC1. The lowest BCUT2D eigenvalue weighted by molar-refractivity contribution is -0.154. The normalized spacial score (nSPS) is 21.8. The largest absolute Gasteiger partial charge is 0.466 e. The Bertz CT molecular complexity index is 603. The maximum Gasteiger partial charge on any atom is 0.330 e. The highest BCUT2D eigenvalue weighted by Crippen LogP contribution is 2.40. The molecular weight excluding hydrogens is 292 g/mol. The predicted octanol–water partition coefficient (Wildman–Crippen LogP) is 3.54. The summed E-state index contributed by atoms with van der Waals surface area (Å²) in [6, 6.07) is 9.74. The second-order valence-corrected chi connectivity index (χ2v) is 5.61. The van der Waals surface area contributed by atoms with Crippen LogP contribution in [0.5, 0.6) is 0 Å². The molecule has 0 fully saturated rings. The number of hydrogen-bond donors (Lipinski definition) is 0. The molecular formula is C19H22O4. The Morgan fingerprint density at radius 2 is 2.00 bits per heavy atom. The van der Waals surface area contributed by atoms with Crippen molar-refractivity contribution in [2.75, 3.05) is 7.11 Å². The van der Waals surface area contributed by atoms with Crippen molar-refractivity contribution in [2.24, 2.45) is 0 Å². The van der Waals surface area contributed by atoms with Gasteiger partial charge in [0.15, 0.2) is 0 Å². The molecule has 2 atom stereocenters. The average molecular weight is 314 g/mol. The van der Waals surface area contributed by atoms with Gasteiger partial charge in [0.1, 0.15) is 5.60 Å². The summed E-state index contributed by atoms with van der Waals surface area (Å²) < 4.78 is 10.4. The smallest absolute Gasteiger partial charge is 0.330 e. The van der Waals surface area contributed by atoms with Crippen LogP contribution in [0.1, 0.15) is 37.7 Å². The third-order valence-corrected chi connectivity index (χ3v) is 3.98. The molecule has 0 aromatic heterocycles. The van der Waals surface area contributed by atoms with Crippen LogP contribution in [0.4, 0.5) is 0 Å². The van der Waals surface area contributed by atoms with Crippen LogP contribution in [0.3, 0.4) is 0 Å². The summed E-state index contributed by atoms with van der Waals surface area (Å²) in [5, 5.41) is 0. The zero-order valence-electron chi connectivity index (χ0n) is 13.5. The Labute approximate surface area is 136 Å². The minimum atomic E-state index is -0.768. The molecule has 0 aliphatic heterocycles. The van der Waals surface area contributed by atoms with Crippen LogP contribution in [0.15, 0.2) is 54.6 Å². The van der Waals surface area contributed by atoms with Crippen molar-refractivity contribution in [3.8, 4) is 0 Å². The van der Waals surface area contributed by atoms with Crippen molar-refractivity contribution >= 4 is 11.9 Å². The second kappa shape index (κ2) is 7.77. The molecule has 1 aromatic carbocycles. The highest BCUT2D eigenvalue weighted by atomic mass is 16.6. The molecule has 2 rings (SSSR count). The van der Waals surface area contributed by atoms with Crippen LogP contribution in [-0.2, 0) is 19.1 Å². The van der Waals surface area contributed by atoms with E-state index in [0.717, 1.165) is 18.4 Å². The first-order valence-electron chi connectivity index (χ1n) is 7.76. The van der Waals surface area contributed by atoms with Crippen LogP contribution in [-0.4, -0.2) is 24.6 Å². The number of esters is 2. The number of carbonyl (C=O) groups is 2. The molecule has 0 bridgehead atoms. The summed E-state index contributed by atoms with van der Waals surface area (Å²) in [7, 11) is 1.34. The van der Waals surface area contributed by atoms with E-state index in [1.165, 1.54) is 20.1 Å². The molecule has 0 saturated heterocycles. The maximum absolute atomic E-state index is 11.7. The molecule has 0 unspecified atom stereocenters. The number of hydrogen-bond acceptors (Lipinski definition) is 4. The molecule has 4 heteroatoms. The fourth-order valence-corrected chi connectivity index (χ4v) is 3.00. The third kappa shape index (κ3) is 4.31. The number of carbonyl (C=O) groups excluding carboxylic acids is 2. The van der Waals surface area contributed by atoms with E-state index in [1.54, 1.807) is 6.08 Å². The van der Waals surface area contributed by atoms with Gasteiger partial charge in [-0.25, -0.2) is 4.79 Å². The number of ether oxygens (including phenoxy) is 2. The maximum atomic E-state index is 11.7. The molecule has 1 aliphatic rings. The number of rotatable bonds is 5. The van der Waals surface area contributed by atoms with E-state index in [4.69, 9.17) is 4.74 Å². The van der Waals surface area contributed by atoms with Gasteiger partial charge in [-0.05, 0) is 30.9 Å². The lowest BCUT2D eigenvalue weighted by Gasteiger charge is -2.38. The monoisotopic (exact) mass is 314 g/mol. The first kappa shape index (κ1) is 17.0. The standard InChI is InChI=1S/C19H22O4/c1-15(20)23-19(13-7-4-8-14-19)17(11-12-18(21)22-2)16-9-5-3-6-10-16/h3,5-7,9-13,17H,4,8,14H2,1-2H3/b12-11+/t17-,19-/m0/s1. The Morgan fingerprint density at radius 1 is 1.26 bits per heavy atom. The van der Waals surface area contributed by atoms with E-state index < -0.39 is 11.6 Å². The predicted molar refractivity (Wildman–Crippen MR) is 87.8 cm³/mol. The molecule has 0 radical (unpaired) electrons. The lowest BCUT2D eigenvalue weighted by atomic mass is 9.76. The summed E-state index contributed by atoms with van der Waals surface area (Å²) in [4.78, 5) is 23.2. The minimum absolute atomic E-state index is 0.247. The Morgan fingerprint density at radius 3 is 2.57 bits per heavy atom. The lowest BCUT2D eigenvalue weighted by Crippen LogP contribution is -2.39. The third-order valence-electron chi connectivity index (χ3n) is 3.98. The van der Waals surface area contributed by atoms with Gasteiger partial charge < -0.3 is 9.47 Å². The fourth-order valence-electron chi connectivity index (χ4n) is 3.00. The summed E-state index contributed by atoms with van der Waals surface area (Å²) in [5.41, 5.74) is 0.219. The highest BCUT2D eigenvalue weighted by Gasteiger charge is 2.40. The van der Waals surface area contributed by atoms with Gasteiger partial charge in [0.05, 0.1) is 7.11 Å². The molecule has 0 heterocycles. The molecule has 0 N–H and O–H groups in total. The van der Waals surface area contributed by atoms with E-state index in [9.17, 15) is 9.59 Å². The summed E-state index contributed by atoms with van der Waals surface area (Å²) in [6.45, 7) is 1.41. The van der Waals surface area contributed by atoms with Crippen molar-refractivity contribution in [1.82, 2.24) is 0 Å². The van der Waals surface area contributed by atoms with Crippen LogP contribution >= 0.6 is 0 Å². The van der Waals surface area contributed by atoms with E-state index in [1.807, 2.05) is 42.5 Å². The fraction of sp³-hybridized carbons (Fsp3) is 0.368. The molecule has 23 heavy (non-hydrogen) atoms. The van der Waals surface area contributed by atoms with Gasteiger partial charge in [-0.1, -0.05) is 42.5 Å². The molecule has 0 spiro atoms. The highest BCUT2D eigenvalue weighted by molar-refractivity contribution is 5.82. The average Bonchev–Trinajstić information content (AvgIpc) is 2.56. The summed E-state index contributed by atoms with van der Waals surface area (Å²) in [5.74, 6) is -1.00. The zero-order valence-corrected chi connectivity index (χ0v) is 13.5. The molecule has 1 aliphatic carbocycles. The van der Waals surface area contributed by atoms with E-state index in [0.29, 0.717) is 6.42 Å². The Balaban J connectivity index is 2.46. The van der Waals surface area contributed by atoms with Gasteiger partial charge in [0.25, 0.3) is 0 Å². The number of methoxy groups -OCH3 is 1. The van der Waals surface area contributed by atoms with Crippen molar-refractivity contribution in [2.45, 2.75) is 37.7 Å². The Hall–Kier alpha value is -2.36. The van der Waals surface area contributed by atoms with Crippen LogP contribution in [0, 0.1) is 0 Å². The van der Waals surface area contributed by atoms with E-state index in [-0.39, 0.29) is 11.9 Å². The number of benzene rings is 1. The van der Waals surface area contributed by atoms with Crippen LogP contribution in [0.25, 0.3) is 0 Å².